The van der Waals surface area contributed by atoms with E-state index < -0.39 is 0 Å². The highest BCUT2D eigenvalue weighted by Gasteiger charge is 2.12. The van der Waals surface area contributed by atoms with Gasteiger partial charge in [-0.2, -0.15) is 5.10 Å². The van der Waals surface area contributed by atoms with Crippen molar-refractivity contribution in [3.8, 4) is 0 Å². The van der Waals surface area contributed by atoms with Gasteiger partial charge in [0.05, 0.1) is 12.4 Å². The first-order valence-corrected chi connectivity index (χ1v) is 6.67. The van der Waals surface area contributed by atoms with Gasteiger partial charge in [0.25, 0.3) is 5.91 Å². The van der Waals surface area contributed by atoms with E-state index in [1.54, 1.807) is 6.21 Å². The van der Waals surface area contributed by atoms with E-state index in [4.69, 9.17) is 0 Å². The van der Waals surface area contributed by atoms with Gasteiger partial charge in [-0.05, 0) is 16.5 Å². The summed E-state index contributed by atoms with van der Waals surface area (Å²) < 4.78 is 0. The van der Waals surface area contributed by atoms with Crippen LogP contribution in [0.15, 0.2) is 48.0 Å². The quantitative estimate of drug-likeness (QED) is 0.695. The first-order chi connectivity index (χ1) is 9.97. The van der Waals surface area contributed by atoms with Gasteiger partial charge in [-0.1, -0.05) is 45.0 Å². The van der Waals surface area contributed by atoms with Gasteiger partial charge in [0.1, 0.15) is 5.69 Å². The van der Waals surface area contributed by atoms with E-state index in [1.165, 1.54) is 24.2 Å². The van der Waals surface area contributed by atoms with E-state index in [1.807, 2.05) is 12.1 Å². The van der Waals surface area contributed by atoms with Crippen LogP contribution in [-0.4, -0.2) is 22.1 Å². The Morgan fingerprint density at radius 2 is 1.90 bits per heavy atom. The summed E-state index contributed by atoms with van der Waals surface area (Å²) in [4.78, 5) is 19.4. The number of carbonyl (C=O) groups is 1. The van der Waals surface area contributed by atoms with E-state index in [-0.39, 0.29) is 17.0 Å². The lowest BCUT2D eigenvalue weighted by molar-refractivity contribution is 0.0949. The van der Waals surface area contributed by atoms with E-state index in [9.17, 15) is 4.79 Å². The van der Waals surface area contributed by atoms with Crippen molar-refractivity contribution < 1.29 is 4.79 Å². The molecule has 2 aromatic rings. The third kappa shape index (κ3) is 4.21. The van der Waals surface area contributed by atoms with Gasteiger partial charge >= 0.3 is 0 Å². The van der Waals surface area contributed by atoms with Crippen LogP contribution in [0.4, 0.5) is 0 Å². The zero-order valence-electron chi connectivity index (χ0n) is 12.4. The number of hydrogen-bond acceptors (Lipinski definition) is 4. The highest BCUT2D eigenvalue weighted by molar-refractivity contribution is 5.92. The third-order valence-corrected chi connectivity index (χ3v) is 2.95. The van der Waals surface area contributed by atoms with Crippen molar-refractivity contribution in [2.45, 2.75) is 26.2 Å². The van der Waals surface area contributed by atoms with Gasteiger partial charge < -0.3 is 0 Å². The molecule has 0 saturated heterocycles. The molecule has 5 nitrogen and oxygen atoms in total. The van der Waals surface area contributed by atoms with Gasteiger partial charge in [0.15, 0.2) is 0 Å². The average Bonchev–Trinajstić information content (AvgIpc) is 2.47. The largest absolute Gasteiger partial charge is 0.291 e. The summed E-state index contributed by atoms with van der Waals surface area (Å²) in [6.07, 6.45) is 5.96. The van der Waals surface area contributed by atoms with Crippen LogP contribution in [-0.2, 0) is 5.41 Å². The van der Waals surface area contributed by atoms with Crippen molar-refractivity contribution in [2.75, 3.05) is 0 Å². The number of nitrogens with zero attached hydrogens (tertiary/aromatic N) is 3. The summed E-state index contributed by atoms with van der Waals surface area (Å²) >= 11 is 0. The Labute approximate surface area is 124 Å². The van der Waals surface area contributed by atoms with Crippen molar-refractivity contribution in [3.05, 3.63) is 59.7 Å². The van der Waals surface area contributed by atoms with Crippen molar-refractivity contribution >= 4 is 12.1 Å². The fourth-order valence-electron chi connectivity index (χ4n) is 1.71. The molecule has 1 amide bonds. The van der Waals surface area contributed by atoms with Crippen LogP contribution in [0, 0.1) is 0 Å². The number of hydrogen-bond donors (Lipinski definition) is 1. The molecule has 5 heteroatoms. The molecule has 0 saturated carbocycles. The Kier molecular flexibility index (Phi) is 4.42. The summed E-state index contributed by atoms with van der Waals surface area (Å²) in [5.41, 5.74) is 4.95. The zero-order chi connectivity index (χ0) is 15.3. The van der Waals surface area contributed by atoms with Crippen molar-refractivity contribution in [3.63, 3.8) is 0 Å². The van der Waals surface area contributed by atoms with Crippen LogP contribution >= 0.6 is 0 Å². The van der Waals surface area contributed by atoms with E-state index in [0.29, 0.717) is 0 Å². The number of benzene rings is 1. The predicted octanol–water partition coefficient (Wildman–Crippen LogP) is 2.54. The molecule has 0 unspecified atom stereocenters. The van der Waals surface area contributed by atoms with E-state index in [0.717, 1.165) is 5.56 Å². The average molecular weight is 282 g/mol. The molecular weight excluding hydrogens is 264 g/mol. The van der Waals surface area contributed by atoms with Crippen LogP contribution in [0.1, 0.15) is 42.4 Å². The van der Waals surface area contributed by atoms with Gasteiger partial charge in [0, 0.05) is 12.4 Å². The lowest BCUT2D eigenvalue weighted by atomic mass is 9.87. The standard InChI is InChI=1S/C16H18N4O/c1-16(2,3)13-6-4-12(5-7-13)10-19-20-15(21)14-11-17-8-9-18-14/h4-11H,1-3H3,(H,20,21)/b19-10+. The van der Waals surface area contributed by atoms with Crippen LogP contribution in [0.25, 0.3) is 0 Å². The number of nitrogens with one attached hydrogen (secondary N) is 1. The van der Waals surface area contributed by atoms with Crippen LogP contribution in [0.5, 0.6) is 0 Å². The second kappa shape index (κ2) is 6.26. The molecule has 108 valence electrons. The molecule has 0 bridgehead atoms. The van der Waals surface area contributed by atoms with Gasteiger partial charge in [0.2, 0.25) is 0 Å². The molecule has 0 aliphatic heterocycles. The maximum absolute atomic E-state index is 11.7. The molecule has 1 aromatic carbocycles. The minimum atomic E-state index is -0.384. The molecule has 1 aromatic heterocycles. The molecule has 0 atom stereocenters. The molecule has 2 rings (SSSR count). The summed E-state index contributed by atoms with van der Waals surface area (Å²) in [6, 6.07) is 8.06. The second-order valence-electron chi connectivity index (χ2n) is 5.66. The lowest BCUT2D eigenvalue weighted by Gasteiger charge is -2.18. The smallest absolute Gasteiger partial charge is 0.265 e. The molecule has 0 fully saturated rings. The summed E-state index contributed by atoms with van der Waals surface area (Å²) in [7, 11) is 0. The highest BCUT2D eigenvalue weighted by atomic mass is 16.2. The molecule has 1 heterocycles. The number of hydrazone groups is 1. The second-order valence-corrected chi connectivity index (χ2v) is 5.66. The predicted molar refractivity (Wildman–Crippen MR) is 82.2 cm³/mol. The first-order valence-electron chi connectivity index (χ1n) is 6.67. The Bertz CT molecular complexity index is 628. The van der Waals surface area contributed by atoms with Gasteiger partial charge in [-0.15, -0.1) is 0 Å². The van der Waals surface area contributed by atoms with Crippen LogP contribution in [0.3, 0.4) is 0 Å². The van der Waals surface area contributed by atoms with Crippen molar-refractivity contribution in [1.82, 2.24) is 15.4 Å². The Morgan fingerprint density at radius 1 is 1.19 bits per heavy atom. The Hall–Kier alpha value is -2.56. The Balaban J connectivity index is 1.97. The van der Waals surface area contributed by atoms with Crippen LogP contribution in [0.2, 0.25) is 0 Å². The molecule has 0 aliphatic rings. The molecule has 0 radical (unpaired) electrons. The fraction of sp³-hybridized carbons (Fsp3) is 0.250. The van der Waals surface area contributed by atoms with E-state index >= 15 is 0 Å². The molecule has 21 heavy (non-hydrogen) atoms. The lowest BCUT2D eigenvalue weighted by Crippen LogP contribution is -2.19. The number of carbonyl (C=O) groups excluding carboxylic acids is 1. The summed E-state index contributed by atoms with van der Waals surface area (Å²) in [5, 5.41) is 3.92. The molecular formula is C16H18N4O. The van der Waals surface area contributed by atoms with Gasteiger partial charge in [-0.3, -0.25) is 9.78 Å². The maximum Gasteiger partial charge on any atom is 0.291 e. The molecule has 0 spiro atoms. The fourth-order valence-corrected chi connectivity index (χ4v) is 1.71. The molecule has 0 aliphatic carbocycles. The SMILES string of the molecule is CC(C)(C)c1ccc(/C=N/NC(=O)c2cnccn2)cc1. The summed E-state index contributed by atoms with van der Waals surface area (Å²) in [6.45, 7) is 6.49. The zero-order valence-corrected chi connectivity index (χ0v) is 12.4. The van der Waals surface area contributed by atoms with Crippen molar-refractivity contribution in [1.29, 1.82) is 0 Å². The third-order valence-electron chi connectivity index (χ3n) is 2.95. The minimum Gasteiger partial charge on any atom is -0.265 e. The number of amides is 1. The maximum atomic E-state index is 11.7. The summed E-state index contributed by atoms with van der Waals surface area (Å²) in [5.74, 6) is -0.384. The van der Waals surface area contributed by atoms with Gasteiger partial charge in [-0.25, -0.2) is 10.4 Å². The number of rotatable bonds is 3. The normalized spacial score (nSPS) is 11.6. The van der Waals surface area contributed by atoms with E-state index in [2.05, 4.69) is 53.4 Å². The topological polar surface area (TPSA) is 67.2 Å². The molecule has 1 N–H and O–H groups in total. The minimum absolute atomic E-state index is 0.121. The van der Waals surface area contributed by atoms with Crippen LogP contribution < -0.4 is 5.43 Å². The highest BCUT2D eigenvalue weighted by Crippen LogP contribution is 2.21. The monoisotopic (exact) mass is 282 g/mol. The van der Waals surface area contributed by atoms with Crippen molar-refractivity contribution in [2.24, 2.45) is 5.10 Å². The first kappa shape index (κ1) is 14.8. The number of aromatic nitrogens is 2. The Morgan fingerprint density at radius 3 is 2.48 bits per heavy atom.